The van der Waals surface area contributed by atoms with E-state index in [2.05, 4.69) is 30.0 Å². The smallest absolute Gasteiger partial charge is 0.0557 e. The average Bonchev–Trinajstić information content (AvgIpc) is 2.55. The standard InChI is InChI=1S/C19H20Cl3N/c1-2-13-3-10-19(17-9-6-15(21)11-18(17)22)23(12-13)16-7-4-14(20)5-8-16/h4-9,11,13,19H,2-3,10,12H2,1H3. The number of halogens is 3. The van der Waals surface area contributed by atoms with Crippen LogP contribution in [0.4, 0.5) is 5.69 Å². The van der Waals surface area contributed by atoms with E-state index in [0.29, 0.717) is 10.9 Å². The van der Waals surface area contributed by atoms with Crippen molar-refractivity contribution in [2.45, 2.75) is 32.2 Å². The summed E-state index contributed by atoms with van der Waals surface area (Å²) in [5, 5.41) is 2.19. The van der Waals surface area contributed by atoms with E-state index >= 15 is 0 Å². The highest BCUT2D eigenvalue weighted by molar-refractivity contribution is 6.35. The van der Waals surface area contributed by atoms with Crippen LogP contribution >= 0.6 is 34.8 Å². The quantitative estimate of drug-likeness (QED) is 0.563. The van der Waals surface area contributed by atoms with Crippen molar-refractivity contribution in [3.63, 3.8) is 0 Å². The zero-order valence-corrected chi connectivity index (χ0v) is 15.4. The van der Waals surface area contributed by atoms with Crippen molar-refractivity contribution in [3.05, 3.63) is 63.1 Å². The van der Waals surface area contributed by atoms with E-state index in [9.17, 15) is 0 Å². The first-order valence-corrected chi connectivity index (χ1v) is 9.19. The van der Waals surface area contributed by atoms with Crippen molar-refractivity contribution in [2.24, 2.45) is 5.92 Å². The highest BCUT2D eigenvalue weighted by atomic mass is 35.5. The number of nitrogens with zero attached hydrogens (tertiary/aromatic N) is 1. The Labute approximate surface area is 153 Å². The van der Waals surface area contributed by atoms with Crippen LogP contribution in [0.3, 0.4) is 0 Å². The van der Waals surface area contributed by atoms with Crippen LogP contribution in [0, 0.1) is 5.92 Å². The molecule has 2 unspecified atom stereocenters. The second-order valence-corrected chi connectivity index (χ2v) is 7.44. The molecule has 2 atom stereocenters. The molecule has 1 aliphatic rings. The van der Waals surface area contributed by atoms with E-state index < -0.39 is 0 Å². The molecule has 0 aromatic heterocycles. The van der Waals surface area contributed by atoms with E-state index in [1.54, 1.807) is 0 Å². The first-order valence-electron chi connectivity index (χ1n) is 8.05. The first kappa shape index (κ1) is 17.0. The van der Waals surface area contributed by atoms with Gasteiger partial charge in [0.25, 0.3) is 0 Å². The second-order valence-electron chi connectivity index (χ2n) is 6.16. The minimum Gasteiger partial charge on any atom is -0.364 e. The molecule has 0 radical (unpaired) electrons. The molecule has 2 aromatic rings. The van der Waals surface area contributed by atoms with Gasteiger partial charge in [-0.05, 0) is 60.7 Å². The Kier molecular flexibility index (Phi) is 5.41. The van der Waals surface area contributed by atoms with E-state index in [-0.39, 0.29) is 6.04 Å². The van der Waals surface area contributed by atoms with Crippen LogP contribution in [0.5, 0.6) is 0 Å². The number of hydrogen-bond acceptors (Lipinski definition) is 1. The summed E-state index contributed by atoms with van der Waals surface area (Å²) in [6, 6.07) is 14.2. The minimum atomic E-state index is 0.281. The molecule has 1 fully saturated rings. The molecule has 2 aromatic carbocycles. The van der Waals surface area contributed by atoms with Crippen LogP contribution in [0.15, 0.2) is 42.5 Å². The Morgan fingerprint density at radius 3 is 2.30 bits per heavy atom. The zero-order valence-electron chi connectivity index (χ0n) is 13.1. The third-order valence-electron chi connectivity index (χ3n) is 4.74. The fourth-order valence-corrected chi connectivity index (χ4v) is 4.05. The summed E-state index contributed by atoms with van der Waals surface area (Å²) < 4.78 is 0. The van der Waals surface area contributed by atoms with Gasteiger partial charge in [-0.1, -0.05) is 54.2 Å². The van der Waals surface area contributed by atoms with Crippen molar-refractivity contribution >= 4 is 40.5 Å². The lowest BCUT2D eigenvalue weighted by molar-refractivity contribution is 0.352. The normalized spacial score (nSPS) is 21.5. The lowest BCUT2D eigenvalue weighted by Crippen LogP contribution is -2.38. The van der Waals surface area contributed by atoms with Gasteiger partial charge in [-0.3, -0.25) is 0 Å². The molecule has 1 nitrogen and oxygen atoms in total. The van der Waals surface area contributed by atoms with Crippen molar-refractivity contribution in [1.82, 2.24) is 0 Å². The molecule has 0 N–H and O–H groups in total. The zero-order chi connectivity index (χ0) is 16.4. The molecule has 1 saturated heterocycles. The van der Waals surface area contributed by atoms with E-state index in [4.69, 9.17) is 34.8 Å². The Morgan fingerprint density at radius 1 is 0.957 bits per heavy atom. The Hall–Kier alpha value is -0.890. The Morgan fingerprint density at radius 2 is 1.65 bits per heavy atom. The van der Waals surface area contributed by atoms with Crippen LogP contribution in [0.1, 0.15) is 37.8 Å². The van der Waals surface area contributed by atoms with Crippen molar-refractivity contribution in [3.8, 4) is 0 Å². The largest absolute Gasteiger partial charge is 0.364 e. The third kappa shape index (κ3) is 3.79. The predicted molar refractivity (Wildman–Crippen MR) is 101 cm³/mol. The van der Waals surface area contributed by atoms with Crippen molar-refractivity contribution in [1.29, 1.82) is 0 Å². The lowest BCUT2D eigenvalue weighted by Gasteiger charge is -2.42. The maximum absolute atomic E-state index is 6.48. The Bertz CT molecular complexity index is 669. The van der Waals surface area contributed by atoms with Crippen LogP contribution in [-0.4, -0.2) is 6.54 Å². The molecule has 0 spiro atoms. The fraction of sp³-hybridized carbons (Fsp3) is 0.368. The number of benzene rings is 2. The molecule has 1 aliphatic heterocycles. The maximum Gasteiger partial charge on any atom is 0.0557 e. The summed E-state index contributed by atoms with van der Waals surface area (Å²) in [5.41, 5.74) is 2.35. The molecular weight excluding hydrogens is 349 g/mol. The van der Waals surface area contributed by atoms with Crippen LogP contribution in [0.25, 0.3) is 0 Å². The van der Waals surface area contributed by atoms with Gasteiger partial charge in [0.05, 0.1) is 6.04 Å². The molecule has 23 heavy (non-hydrogen) atoms. The van der Waals surface area contributed by atoms with Gasteiger partial charge >= 0.3 is 0 Å². The summed E-state index contributed by atoms with van der Waals surface area (Å²) >= 11 is 18.6. The summed E-state index contributed by atoms with van der Waals surface area (Å²) in [6.45, 7) is 3.31. The number of anilines is 1. The molecule has 4 heteroatoms. The molecule has 0 aliphatic carbocycles. The van der Waals surface area contributed by atoms with Crippen LogP contribution in [-0.2, 0) is 0 Å². The van der Waals surface area contributed by atoms with Crippen LogP contribution in [0.2, 0.25) is 15.1 Å². The van der Waals surface area contributed by atoms with Gasteiger partial charge in [0.2, 0.25) is 0 Å². The maximum atomic E-state index is 6.48. The van der Waals surface area contributed by atoms with Crippen molar-refractivity contribution < 1.29 is 0 Å². The minimum absolute atomic E-state index is 0.281. The molecule has 0 bridgehead atoms. The van der Waals surface area contributed by atoms with Gasteiger partial charge in [-0.25, -0.2) is 0 Å². The fourth-order valence-electron chi connectivity index (χ4n) is 3.39. The molecule has 3 rings (SSSR count). The molecule has 0 amide bonds. The highest BCUT2D eigenvalue weighted by Crippen LogP contribution is 2.41. The van der Waals surface area contributed by atoms with E-state index in [1.165, 1.54) is 18.5 Å². The van der Waals surface area contributed by atoms with Gasteiger partial charge in [0.1, 0.15) is 0 Å². The summed E-state index contributed by atoms with van der Waals surface area (Å²) in [6.07, 6.45) is 3.53. The number of hydrogen-bond donors (Lipinski definition) is 0. The first-order chi connectivity index (χ1) is 11.1. The lowest BCUT2D eigenvalue weighted by atomic mass is 9.87. The van der Waals surface area contributed by atoms with Gasteiger partial charge < -0.3 is 4.90 Å². The van der Waals surface area contributed by atoms with Crippen LogP contribution < -0.4 is 4.90 Å². The topological polar surface area (TPSA) is 3.24 Å². The molecule has 1 heterocycles. The van der Waals surface area contributed by atoms with Gasteiger partial charge in [-0.15, -0.1) is 0 Å². The van der Waals surface area contributed by atoms with E-state index in [1.807, 2.05) is 24.3 Å². The number of rotatable bonds is 3. The average molecular weight is 369 g/mol. The van der Waals surface area contributed by atoms with Crippen molar-refractivity contribution in [2.75, 3.05) is 11.4 Å². The molecule has 0 saturated carbocycles. The van der Waals surface area contributed by atoms with Gasteiger partial charge in [0, 0.05) is 27.3 Å². The molecule has 122 valence electrons. The third-order valence-corrected chi connectivity index (χ3v) is 5.55. The predicted octanol–water partition coefficient (Wildman–Crippen LogP) is 7.01. The summed E-state index contributed by atoms with van der Waals surface area (Å²) in [5.74, 6) is 0.716. The van der Waals surface area contributed by atoms with Gasteiger partial charge in [0.15, 0.2) is 0 Å². The SMILES string of the molecule is CCC1CCC(c2ccc(Cl)cc2Cl)N(c2ccc(Cl)cc2)C1. The highest BCUT2D eigenvalue weighted by Gasteiger charge is 2.30. The number of piperidine rings is 1. The van der Waals surface area contributed by atoms with Gasteiger partial charge in [-0.2, -0.15) is 0 Å². The molecular formula is C19H20Cl3N. The van der Waals surface area contributed by atoms with E-state index in [0.717, 1.165) is 28.6 Å². The second kappa shape index (κ2) is 7.34. The monoisotopic (exact) mass is 367 g/mol. The Balaban J connectivity index is 1.97. The summed E-state index contributed by atoms with van der Waals surface area (Å²) in [4.78, 5) is 2.46. The summed E-state index contributed by atoms with van der Waals surface area (Å²) in [7, 11) is 0.